The van der Waals surface area contributed by atoms with Gasteiger partial charge in [0.2, 0.25) is 0 Å². The minimum absolute atomic E-state index is 0.0474. The van der Waals surface area contributed by atoms with Crippen molar-refractivity contribution in [2.75, 3.05) is 0 Å². The molecule has 2 aromatic rings. The van der Waals surface area contributed by atoms with E-state index >= 15 is 0 Å². The molecular weight excluding hydrogens is 303 g/mol. The van der Waals surface area contributed by atoms with E-state index in [-0.39, 0.29) is 17.1 Å². The second kappa shape index (κ2) is 7.27. The van der Waals surface area contributed by atoms with E-state index in [0.29, 0.717) is 6.54 Å². The molecule has 0 aliphatic heterocycles. The van der Waals surface area contributed by atoms with Crippen LogP contribution in [0.5, 0.6) is 0 Å². The number of halogens is 2. The van der Waals surface area contributed by atoms with Crippen LogP contribution in [0.1, 0.15) is 29.7 Å². The first-order chi connectivity index (χ1) is 10.5. The highest BCUT2D eigenvalue weighted by Gasteiger charge is 2.11. The van der Waals surface area contributed by atoms with Gasteiger partial charge in [-0.05, 0) is 37.1 Å². The lowest BCUT2D eigenvalue weighted by molar-refractivity contribution is 0.237. The van der Waals surface area contributed by atoms with E-state index in [1.54, 1.807) is 6.07 Å². The molecule has 3 nitrogen and oxygen atoms in total. The number of rotatable bonds is 4. The molecule has 0 aliphatic carbocycles. The second-order valence-electron chi connectivity index (χ2n) is 5.21. The van der Waals surface area contributed by atoms with E-state index < -0.39 is 5.82 Å². The number of benzene rings is 2. The van der Waals surface area contributed by atoms with Crippen molar-refractivity contribution in [3.63, 3.8) is 0 Å². The van der Waals surface area contributed by atoms with Gasteiger partial charge < -0.3 is 10.6 Å². The molecule has 5 heteroatoms. The van der Waals surface area contributed by atoms with Crippen molar-refractivity contribution in [3.8, 4) is 0 Å². The van der Waals surface area contributed by atoms with E-state index in [4.69, 9.17) is 11.6 Å². The number of urea groups is 1. The Bertz CT molecular complexity index is 658. The molecule has 22 heavy (non-hydrogen) atoms. The minimum atomic E-state index is -0.471. The van der Waals surface area contributed by atoms with Gasteiger partial charge in [-0.15, -0.1) is 0 Å². The summed E-state index contributed by atoms with van der Waals surface area (Å²) in [6.07, 6.45) is 0. The lowest BCUT2D eigenvalue weighted by Gasteiger charge is -2.15. The van der Waals surface area contributed by atoms with Gasteiger partial charge in [0, 0.05) is 6.54 Å². The van der Waals surface area contributed by atoms with Crippen molar-refractivity contribution < 1.29 is 9.18 Å². The largest absolute Gasteiger partial charge is 0.334 e. The first kappa shape index (κ1) is 16.3. The van der Waals surface area contributed by atoms with Crippen molar-refractivity contribution in [1.29, 1.82) is 0 Å². The lowest BCUT2D eigenvalue weighted by atomic mass is 10.1. The summed E-state index contributed by atoms with van der Waals surface area (Å²) in [7, 11) is 0. The third-order valence-electron chi connectivity index (χ3n) is 3.36. The summed E-state index contributed by atoms with van der Waals surface area (Å²) >= 11 is 5.75. The van der Waals surface area contributed by atoms with Crippen LogP contribution in [-0.2, 0) is 6.54 Å². The highest BCUT2D eigenvalue weighted by molar-refractivity contribution is 6.30. The zero-order valence-electron chi connectivity index (χ0n) is 12.5. The Hall–Kier alpha value is -2.07. The monoisotopic (exact) mass is 320 g/mol. The molecule has 2 amide bonds. The summed E-state index contributed by atoms with van der Waals surface area (Å²) < 4.78 is 13.1. The molecule has 0 spiro atoms. The Kier molecular flexibility index (Phi) is 5.39. The number of hydrogen-bond acceptors (Lipinski definition) is 1. The fourth-order valence-corrected chi connectivity index (χ4v) is 2.19. The maximum atomic E-state index is 13.1. The number of aryl methyl sites for hydroxylation is 1. The molecule has 0 radical (unpaired) electrons. The number of carbonyl (C=O) groups is 1. The van der Waals surface area contributed by atoms with Gasteiger partial charge in [-0.3, -0.25) is 0 Å². The highest BCUT2D eigenvalue weighted by Crippen LogP contribution is 2.20. The molecule has 0 aliphatic rings. The van der Waals surface area contributed by atoms with Crippen molar-refractivity contribution in [2.24, 2.45) is 0 Å². The Morgan fingerprint density at radius 2 is 1.91 bits per heavy atom. The normalized spacial score (nSPS) is 11.8. The summed E-state index contributed by atoms with van der Waals surface area (Å²) in [5.41, 5.74) is 2.95. The standard InChI is InChI=1S/C17H18ClFN2O/c1-11-3-5-13(6-4-11)10-20-17(22)21-12(2)14-7-8-16(19)15(18)9-14/h3-9,12H,10H2,1-2H3,(H2,20,21,22). The Balaban J connectivity index is 1.88. The van der Waals surface area contributed by atoms with Gasteiger partial charge in [0.05, 0.1) is 11.1 Å². The first-order valence-corrected chi connectivity index (χ1v) is 7.38. The average molecular weight is 321 g/mol. The Morgan fingerprint density at radius 3 is 2.55 bits per heavy atom. The van der Waals surface area contributed by atoms with E-state index in [1.807, 2.05) is 38.1 Å². The average Bonchev–Trinajstić information content (AvgIpc) is 2.49. The van der Waals surface area contributed by atoms with Crippen molar-refractivity contribution in [3.05, 3.63) is 70.0 Å². The lowest BCUT2D eigenvalue weighted by Crippen LogP contribution is -2.36. The summed E-state index contributed by atoms with van der Waals surface area (Å²) in [4.78, 5) is 11.9. The number of amides is 2. The van der Waals surface area contributed by atoms with Gasteiger partial charge in [-0.2, -0.15) is 0 Å². The first-order valence-electron chi connectivity index (χ1n) is 7.00. The van der Waals surface area contributed by atoms with Crippen LogP contribution in [0.3, 0.4) is 0 Å². The van der Waals surface area contributed by atoms with Gasteiger partial charge in [0.1, 0.15) is 5.82 Å². The molecule has 1 atom stereocenters. The predicted octanol–water partition coefficient (Wildman–Crippen LogP) is 4.35. The molecule has 2 N–H and O–H groups in total. The molecule has 0 aromatic heterocycles. The highest BCUT2D eigenvalue weighted by atomic mass is 35.5. The SMILES string of the molecule is Cc1ccc(CNC(=O)NC(C)c2ccc(F)c(Cl)c2)cc1. The summed E-state index contributed by atoms with van der Waals surface area (Å²) in [5, 5.41) is 5.63. The quantitative estimate of drug-likeness (QED) is 0.864. The zero-order chi connectivity index (χ0) is 16.1. The number of carbonyl (C=O) groups excluding carboxylic acids is 1. The van der Waals surface area contributed by atoms with Crippen molar-refractivity contribution in [1.82, 2.24) is 10.6 Å². The molecule has 0 heterocycles. The van der Waals surface area contributed by atoms with Crippen LogP contribution in [0.25, 0.3) is 0 Å². The smallest absolute Gasteiger partial charge is 0.315 e. The van der Waals surface area contributed by atoms with Crippen molar-refractivity contribution in [2.45, 2.75) is 26.4 Å². The third-order valence-corrected chi connectivity index (χ3v) is 3.65. The third kappa shape index (κ3) is 4.46. The molecule has 116 valence electrons. The maximum Gasteiger partial charge on any atom is 0.315 e. The second-order valence-corrected chi connectivity index (χ2v) is 5.62. The fourth-order valence-electron chi connectivity index (χ4n) is 2.00. The van der Waals surface area contributed by atoms with Gasteiger partial charge in [0.25, 0.3) is 0 Å². The van der Waals surface area contributed by atoms with Gasteiger partial charge in [-0.25, -0.2) is 9.18 Å². The minimum Gasteiger partial charge on any atom is -0.334 e. The molecule has 1 unspecified atom stereocenters. The van der Waals surface area contributed by atoms with Crippen LogP contribution < -0.4 is 10.6 Å². The van der Waals surface area contributed by atoms with Gasteiger partial charge in [-0.1, -0.05) is 47.5 Å². The fraction of sp³-hybridized carbons (Fsp3) is 0.235. The molecule has 0 saturated carbocycles. The molecule has 0 saturated heterocycles. The Morgan fingerprint density at radius 1 is 1.23 bits per heavy atom. The topological polar surface area (TPSA) is 41.1 Å². The van der Waals surface area contributed by atoms with Gasteiger partial charge >= 0.3 is 6.03 Å². The zero-order valence-corrected chi connectivity index (χ0v) is 13.2. The van der Waals surface area contributed by atoms with E-state index in [1.165, 1.54) is 17.7 Å². The van der Waals surface area contributed by atoms with E-state index in [9.17, 15) is 9.18 Å². The number of nitrogens with one attached hydrogen (secondary N) is 2. The summed E-state index contributed by atoms with van der Waals surface area (Å²) in [6.45, 7) is 4.28. The molecule has 0 fully saturated rings. The molecule has 2 rings (SSSR count). The van der Waals surface area contributed by atoms with Crippen LogP contribution in [0.4, 0.5) is 9.18 Å². The van der Waals surface area contributed by atoms with E-state index in [2.05, 4.69) is 10.6 Å². The predicted molar refractivity (Wildman–Crippen MR) is 86.4 cm³/mol. The van der Waals surface area contributed by atoms with Crippen LogP contribution in [0, 0.1) is 12.7 Å². The molecular formula is C17H18ClFN2O. The number of hydrogen-bond donors (Lipinski definition) is 2. The summed E-state index contributed by atoms with van der Waals surface area (Å²) in [6, 6.07) is 11.8. The van der Waals surface area contributed by atoms with E-state index in [0.717, 1.165) is 11.1 Å². The Labute approximate surface area is 134 Å². The van der Waals surface area contributed by atoms with Crippen LogP contribution in [0.15, 0.2) is 42.5 Å². The van der Waals surface area contributed by atoms with Crippen molar-refractivity contribution >= 4 is 17.6 Å². The van der Waals surface area contributed by atoms with Crippen LogP contribution >= 0.6 is 11.6 Å². The summed E-state index contributed by atoms with van der Waals surface area (Å²) in [5.74, 6) is -0.471. The van der Waals surface area contributed by atoms with Crippen LogP contribution in [-0.4, -0.2) is 6.03 Å². The molecule has 0 bridgehead atoms. The van der Waals surface area contributed by atoms with Crippen LogP contribution in [0.2, 0.25) is 5.02 Å². The van der Waals surface area contributed by atoms with Gasteiger partial charge in [0.15, 0.2) is 0 Å². The maximum absolute atomic E-state index is 13.1. The molecule has 2 aromatic carbocycles.